The molecule has 0 atom stereocenters. The van der Waals surface area contributed by atoms with E-state index in [1.54, 1.807) is 5.32 Å². The van der Waals surface area contributed by atoms with Crippen molar-refractivity contribution < 1.29 is 27.2 Å². The molecule has 30 heavy (non-hydrogen) atoms. The molecular formula is C17H11ClF4N6O2. The number of nitrogens with one attached hydrogen (secondary N) is 2. The van der Waals surface area contributed by atoms with E-state index in [4.69, 9.17) is 11.6 Å². The highest BCUT2D eigenvalue weighted by atomic mass is 35.5. The number of halogens is 5. The maximum absolute atomic E-state index is 13.1. The van der Waals surface area contributed by atoms with Crippen molar-refractivity contribution in [3.63, 3.8) is 0 Å². The molecule has 8 nitrogen and oxygen atoms in total. The van der Waals surface area contributed by atoms with E-state index in [0.29, 0.717) is 11.4 Å². The van der Waals surface area contributed by atoms with Crippen LogP contribution in [0, 0.1) is 5.82 Å². The van der Waals surface area contributed by atoms with Gasteiger partial charge in [0.05, 0.1) is 16.3 Å². The van der Waals surface area contributed by atoms with Gasteiger partial charge in [-0.1, -0.05) is 11.6 Å². The lowest BCUT2D eigenvalue weighted by molar-refractivity contribution is -0.123. The normalized spacial score (nSPS) is 11.2. The summed E-state index contributed by atoms with van der Waals surface area (Å²) in [6.45, 7) is -1.52. The highest BCUT2D eigenvalue weighted by molar-refractivity contribution is 6.34. The fourth-order valence-corrected chi connectivity index (χ4v) is 2.48. The summed E-state index contributed by atoms with van der Waals surface area (Å²) in [5, 5.41) is 14.9. The van der Waals surface area contributed by atoms with Crippen molar-refractivity contribution in [2.24, 2.45) is 0 Å². The number of benzene rings is 2. The molecule has 13 heteroatoms. The van der Waals surface area contributed by atoms with Crippen LogP contribution in [0.25, 0.3) is 5.69 Å². The molecule has 0 saturated heterocycles. The number of hydrogen-bond acceptors (Lipinski definition) is 5. The van der Waals surface area contributed by atoms with Crippen LogP contribution < -0.4 is 10.6 Å². The van der Waals surface area contributed by atoms with Crippen LogP contribution in [-0.4, -0.2) is 44.7 Å². The number of anilines is 1. The molecule has 1 heterocycles. The molecule has 1 aromatic heterocycles. The molecule has 2 aromatic carbocycles. The zero-order chi connectivity index (χ0) is 21.9. The molecular weight excluding hydrogens is 432 g/mol. The van der Waals surface area contributed by atoms with Crippen molar-refractivity contribution in [2.75, 3.05) is 11.9 Å². The van der Waals surface area contributed by atoms with Gasteiger partial charge in [0.1, 0.15) is 12.4 Å². The number of nitrogens with zero attached hydrogens (tertiary/aromatic N) is 4. The average molecular weight is 443 g/mol. The smallest absolute Gasteiger partial charge is 0.340 e. The first-order valence-electron chi connectivity index (χ1n) is 8.14. The predicted molar refractivity (Wildman–Crippen MR) is 96.9 cm³/mol. The molecule has 0 fully saturated rings. The van der Waals surface area contributed by atoms with E-state index in [1.807, 2.05) is 0 Å². The average Bonchev–Trinajstić information content (AvgIpc) is 3.16. The van der Waals surface area contributed by atoms with Crippen molar-refractivity contribution >= 4 is 29.1 Å². The number of amides is 2. The molecule has 0 aliphatic carbocycles. The van der Waals surface area contributed by atoms with Crippen LogP contribution in [0.2, 0.25) is 5.02 Å². The number of rotatable bonds is 5. The van der Waals surface area contributed by atoms with Crippen molar-refractivity contribution in [2.45, 2.75) is 6.18 Å². The number of carbonyl (C=O) groups excluding carboxylic acids is 2. The summed E-state index contributed by atoms with van der Waals surface area (Å²) in [5.41, 5.74) is 0.775. The Morgan fingerprint density at radius 3 is 2.40 bits per heavy atom. The van der Waals surface area contributed by atoms with Crippen LogP contribution in [0.4, 0.5) is 23.2 Å². The zero-order valence-electron chi connectivity index (χ0n) is 14.7. The minimum absolute atomic E-state index is 0.0488. The Balaban J connectivity index is 1.66. The first kappa shape index (κ1) is 21.2. The highest BCUT2D eigenvalue weighted by Gasteiger charge is 2.28. The van der Waals surface area contributed by atoms with E-state index in [1.165, 1.54) is 30.3 Å². The van der Waals surface area contributed by atoms with E-state index >= 15 is 0 Å². The van der Waals surface area contributed by atoms with Gasteiger partial charge < -0.3 is 10.6 Å². The fraction of sp³-hybridized carbons (Fsp3) is 0.118. The van der Waals surface area contributed by atoms with Gasteiger partial charge in [-0.3, -0.25) is 9.59 Å². The van der Waals surface area contributed by atoms with Gasteiger partial charge in [-0.25, -0.2) is 4.39 Å². The Morgan fingerprint density at radius 2 is 1.77 bits per heavy atom. The molecule has 0 radical (unpaired) electrons. The molecule has 0 unspecified atom stereocenters. The van der Waals surface area contributed by atoms with Gasteiger partial charge in [-0.05, 0) is 47.7 Å². The van der Waals surface area contributed by atoms with Crippen LogP contribution in [0.5, 0.6) is 0 Å². The van der Waals surface area contributed by atoms with Crippen molar-refractivity contribution in [3.05, 3.63) is 64.7 Å². The van der Waals surface area contributed by atoms with Gasteiger partial charge in [0.15, 0.2) is 0 Å². The van der Waals surface area contributed by atoms with Crippen LogP contribution >= 0.6 is 11.6 Å². The second-order valence-electron chi connectivity index (χ2n) is 5.83. The van der Waals surface area contributed by atoms with E-state index in [2.05, 4.69) is 20.7 Å². The Hall–Kier alpha value is -3.54. The molecule has 0 spiro atoms. The molecule has 0 aliphatic heterocycles. The summed E-state index contributed by atoms with van der Waals surface area (Å²) in [6.07, 6.45) is -4.57. The second-order valence-corrected chi connectivity index (χ2v) is 6.23. The fourth-order valence-electron chi connectivity index (χ4n) is 2.22. The minimum Gasteiger partial charge on any atom is -0.340 e. The number of hydrogen-bond donors (Lipinski definition) is 2. The third kappa shape index (κ3) is 5.29. The van der Waals surface area contributed by atoms with E-state index < -0.39 is 36.2 Å². The van der Waals surface area contributed by atoms with Crippen molar-refractivity contribution in [3.8, 4) is 5.69 Å². The Morgan fingerprint density at radius 1 is 1.07 bits per heavy atom. The van der Waals surface area contributed by atoms with E-state index in [-0.39, 0.29) is 10.6 Å². The largest absolute Gasteiger partial charge is 0.405 e. The molecule has 0 aliphatic rings. The van der Waals surface area contributed by atoms with Crippen LogP contribution in [-0.2, 0) is 0 Å². The Bertz CT molecular complexity index is 1080. The summed E-state index contributed by atoms with van der Waals surface area (Å²) in [5.74, 6) is -2.80. The Kier molecular flexibility index (Phi) is 5.96. The van der Waals surface area contributed by atoms with Gasteiger partial charge in [0.2, 0.25) is 0 Å². The lowest BCUT2D eigenvalue weighted by Gasteiger charge is -2.07. The predicted octanol–water partition coefficient (Wildman–Crippen LogP) is 3.00. The SMILES string of the molecule is O=C(NCC(F)(F)F)c1nnn(-c2ccc(NC(=O)c3ccc(F)cc3Cl)cc2)n1. The third-order valence-electron chi connectivity index (χ3n) is 3.60. The molecule has 0 saturated carbocycles. The number of carbonyl (C=O) groups is 2. The summed E-state index contributed by atoms with van der Waals surface area (Å²) in [6, 6.07) is 9.27. The molecule has 3 aromatic rings. The molecule has 2 N–H and O–H groups in total. The lowest BCUT2D eigenvalue weighted by Crippen LogP contribution is -2.34. The zero-order valence-corrected chi connectivity index (χ0v) is 15.5. The standard InChI is InChI=1S/C17H11ClF4N6O2/c18-13-7-9(19)1-6-12(13)15(29)24-10-2-4-11(5-3-10)28-26-14(25-27-28)16(30)23-8-17(20,21)22/h1-7H,8H2,(H,23,30)(H,24,29). The van der Waals surface area contributed by atoms with Gasteiger partial charge in [0.25, 0.3) is 17.6 Å². The summed E-state index contributed by atoms with van der Waals surface area (Å²) in [7, 11) is 0. The summed E-state index contributed by atoms with van der Waals surface area (Å²) in [4.78, 5) is 24.8. The highest BCUT2D eigenvalue weighted by Crippen LogP contribution is 2.19. The van der Waals surface area contributed by atoms with Crippen LogP contribution in [0.1, 0.15) is 21.0 Å². The maximum atomic E-state index is 13.1. The summed E-state index contributed by atoms with van der Waals surface area (Å²) >= 11 is 5.85. The van der Waals surface area contributed by atoms with Crippen LogP contribution in [0.3, 0.4) is 0 Å². The topological polar surface area (TPSA) is 102 Å². The van der Waals surface area contributed by atoms with E-state index in [0.717, 1.165) is 16.9 Å². The lowest BCUT2D eigenvalue weighted by atomic mass is 10.2. The molecule has 156 valence electrons. The number of alkyl halides is 3. The van der Waals surface area contributed by atoms with Gasteiger partial charge in [0, 0.05) is 5.69 Å². The minimum atomic E-state index is -4.57. The first-order chi connectivity index (χ1) is 14.1. The van der Waals surface area contributed by atoms with Gasteiger partial charge >= 0.3 is 6.18 Å². The second kappa shape index (κ2) is 8.45. The maximum Gasteiger partial charge on any atom is 0.405 e. The van der Waals surface area contributed by atoms with Crippen molar-refractivity contribution in [1.29, 1.82) is 0 Å². The number of aromatic nitrogens is 4. The van der Waals surface area contributed by atoms with Gasteiger partial charge in [-0.2, -0.15) is 13.2 Å². The van der Waals surface area contributed by atoms with E-state index in [9.17, 15) is 27.2 Å². The first-order valence-corrected chi connectivity index (χ1v) is 8.52. The summed E-state index contributed by atoms with van der Waals surface area (Å²) < 4.78 is 49.5. The van der Waals surface area contributed by atoms with Crippen LogP contribution in [0.15, 0.2) is 42.5 Å². The molecule has 2 amide bonds. The quantitative estimate of drug-likeness (QED) is 0.591. The van der Waals surface area contributed by atoms with Gasteiger partial charge in [-0.15, -0.1) is 15.0 Å². The molecule has 0 bridgehead atoms. The molecule has 3 rings (SSSR count). The van der Waals surface area contributed by atoms with Crippen molar-refractivity contribution in [1.82, 2.24) is 25.5 Å². The third-order valence-corrected chi connectivity index (χ3v) is 3.91. The Labute approximate surface area is 170 Å². The number of tetrazole rings is 1. The monoisotopic (exact) mass is 442 g/mol.